The second kappa shape index (κ2) is 7.18. The average Bonchev–Trinajstić information content (AvgIpc) is 2.46. The number of phenols is 1. The quantitative estimate of drug-likeness (QED) is 0.529. The third-order valence-corrected chi connectivity index (χ3v) is 4.28. The van der Waals surface area contributed by atoms with Gasteiger partial charge in [-0.2, -0.15) is 0 Å². The highest BCUT2D eigenvalue weighted by atomic mass is 79.9. The molecule has 124 valence electrons. The van der Waals surface area contributed by atoms with E-state index in [9.17, 15) is 9.90 Å². The van der Waals surface area contributed by atoms with Crippen molar-refractivity contribution in [2.24, 2.45) is 0 Å². The van der Waals surface area contributed by atoms with Gasteiger partial charge in [0.05, 0.1) is 25.3 Å². The first-order valence-corrected chi connectivity index (χ1v) is 8.11. The van der Waals surface area contributed by atoms with Crippen LogP contribution in [-0.2, 0) is 9.53 Å². The largest absolute Gasteiger partial charge is 0.504 e. The molecule has 1 heterocycles. The number of methoxy groups -OCH3 is 1. The van der Waals surface area contributed by atoms with E-state index in [1.807, 2.05) is 0 Å². The molecule has 0 bridgehead atoms. The Kier molecular flexibility index (Phi) is 5.48. The first kappa shape index (κ1) is 17.6. The molecule has 3 N–H and O–H groups in total. The molecule has 0 saturated heterocycles. The topological polar surface area (TPSA) is 79.8 Å². The number of hydrogen-bond donors (Lipinski definition) is 3. The van der Waals surface area contributed by atoms with Crippen molar-refractivity contribution >= 4 is 39.2 Å². The summed E-state index contributed by atoms with van der Waals surface area (Å²) >= 11 is 8.60. The summed E-state index contributed by atoms with van der Waals surface area (Å²) < 4.78 is 10.9. The Morgan fingerprint density at radius 1 is 1.48 bits per heavy atom. The lowest BCUT2D eigenvalue weighted by Gasteiger charge is -2.30. The molecule has 6 nitrogen and oxygen atoms in total. The Labute approximate surface area is 148 Å². The fraction of sp³-hybridized carbons (Fsp3) is 0.333. The molecule has 0 unspecified atom stereocenters. The van der Waals surface area contributed by atoms with Gasteiger partial charge in [0.25, 0.3) is 0 Å². The van der Waals surface area contributed by atoms with Crippen molar-refractivity contribution in [2.45, 2.75) is 19.9 Å². The number of aromatic hydroxyl groups is 1. The molecule has 1 aliphatic rings. The normalized spacial score (nSPS) is 17.4. The zero-order chi connectivity index (χ0) is 17.1. The van der Waals surface area contributed by atoms with Crippen molar-refractivity contribution in [1.82, 2.24) is 10.6 Å². The Morgan fingerprint density at radius 3 is 2.78 bits per heavy atom. The van der Waals surface area contributed by atoms with E-state index in [2.05, 4.69) is 26.6 Å². The summed E-state index contributed by atoms with van der Waals surface area (Å²) in [7, 11) is 1.46. The summed E-state index contributed by atoms with van der Waals surface area (Å²) in [5.41, 5.74) is 1.75. The van der Waals surface area contributed by atoms with Gasteiger partial charge in [-0.1, -0.05) is 15.9 Å². The molecular weight excluding hydrogens is 384 g/mol. The Bertz CT molecular complexity index is 690. The number of carbonyl (C=O) groups excluding carboxylic acids is 1. The van der Waals surface area contributed by atoms with E-state index in [0.717, 1.165) is 0 Å². The molecule has 23 heavy (non-hydrogen) atoms. The van der Waals surface area contributed by atoms with Gasteiger partial charge in [0.2, 0.25) is 0 Å². The van der Waals surface area contributed by atoms with Crippen molar-refractivity contribution in [3.63, 3.8) is 0 Å². The van der Waals surface area contributed by atoms with Crippen LogP contribution in [0.25, 0.3) is 0 Å². The fourth-order valence-electron chi connectivity index (χ4n) is 2.35. The van der Waals surface area contributed by atoms with Crippen molar-refractivity contribution in [1.29, 1.82) is 0 Å². The number of thiocarbonyl (C=S) groups is 1. The van der Waals surface area contributed by atoms with Crippen LogP contribution in [0.15, 0.2) is 27.9 Å². The van der Waals surface area contributed by atoms with E-state index in [4.69, 9.17) is 21.7 Å². The van der Waals surface area contributed by atoms with Gasteiger partial charge in [0.1, 0.15) is 0 Å². The first-order valence-electron chi connectivity index (χ1n) is 6.90. The number of hydrogen-bond acceptors (Lipinski definition) is 5. The van der Waals surface area contributed by atoms with Crippen LogP contribution in [0.2, 0.25) is 0 Å². The second-order valence-electron chi connectivity index (χ2n) is 4.84. The van der Waals surface area contributed by atoms with Gasteiger partial charge < -0.3 is 25.2 Å². The molecule has 1 aromatic rings. The van der Waals surface area contributed by atoms with E-state index < -0.39 is 12.0 Å². The highest BCUT2D eigenvalue weighted by Crippen LogP contribution is 2.38. The second-order valence-corrected chi connectivity index (χ2v) is 6.10. The fourth-order valence-corrected chi connectivity index (χ4v) is 3.18. The Morgan fingerprint density at radius 2 is 2.17 bits per heavy atom. The van der Waals surface area contributed by atoms with Crippen LogP contribution in [0.3, 0.4) is 0 Å². The maximum absolute atomic E-state index is 12.3. The summed E-state index contributed by atoms with van der Waals surface area (Å²) in [4.78, 5) is 12.3. The maximum Gasteiger partial charge on any atom is 0.338 e. The maximum atomic E-state index is 12.3. The molecule has 0 radical (unpaired) electrons. The van der Waals surface area contributed by atoms with Crippen molar-refractivity contribution in [2.75, 3.05) is 13.7 Å². The van der Waals surface area contributed by atoms with E-state index in [1.54, 1.807) is 19.9 Å². The molecule has 1 aromatic carbocycles. The summed E-state index contributed by atoms with van der Waals surface area (Å²) in [6, 6.07) is 2.64. The Hall–Kier alpha value is -1.80. The van der Waals surface area contributed by atoms with Crippen molar-refractivity contribution < 1.29 is 19.4 Å². The SMILES string of the molecule is CCOC(=O)C1=C(C)NC(=S)N[C@H]1c1cc(OC)c(O)cc1Br. The molecule has 2 rings (SSSR count). The monoisotopic (exact) mass is 400 g/mol. The van der Waals surface area contributed by atoms with Gasteiger partial charge in [0.15, 0.2) is 16.6 Å². The molecule has 1 atom stereocenters. The van der Waals surface area contributed by atoms with E-state index in [-0.39, 0.29) is 12.4 Å². The van der Waals surface area contributed by atoms with Gasteiger partial charge in [0, 0.05) is 10.2 Å². The Balaban J connectivity index is 2.56. The number of benzene rings is 1. The van der Waals surface area contributed by atoms with Crippen LogP contribution in [0, 0.1) is 0 Å². The van der Waals surface area contributed by atoms with E-state index in [1.165, 1.54) is 13.2 Å². The molecule has 0 aliphatic carbocycles. The standard InChI is InChI=1S/C15H17BrN2O4S/c1-4-22-14(20)12-7(2)17-15(23)18-13(12)8-5-11(21-3)10(19)6-9(8)16/h5-6,13,19H,4H2,1-3H3,(H2,17,18,23)/t13-/m0/s1. The minimum atomic E-state index is -0.522. The van der Waals surface area contributed by atoms with Gasteiger partial charge in [-0.25, -0.2) is 4.79 Å². The number of allylic oxidation sites excluding steroid dienone is 1. The van der Waals surface area contributed by atoms with Crippen LogP contribution in [0.5, 0.6) is 11.5 Å². The van der Waals surface area contributed by atoms with Crippen molar-refractivity contribution in [3.05, 3.63) is 33.4 Å². The third-order valence-electron chi connectivity index (χ3n) is 3.37. The van der Waals surface area contributed by atoms with Crippen LogP contribution >= 0.6 is 28.1 Å². The minimum absolute atomic E-state index is 0.00183. The van der Waals surface area contributed by atoms with Crippen LogP contribution < -0.4 is 15.4 Å². The molecule has 0 saturated carbocycles. The van der Waals surface area contributed by atoms with Gasteiger partial charge in [-0.05, 0) is 43.8 Å². The number of ether oxygens (including phenoxy) is 2. The van der Waals surface area contributed by atoms with Gasteiger partial charge in [-0.3, -0.25) is 0 Å². The van der Waals surface area contributed by atoms with E-state index >= 15 is 0 Å². The van der Waals surface area contributed by atoms with Gasteiger partial charge >= 0.3 is 5.97 Å². The number of rotatable bonds is 4. The highest BCUT2D eigenvalue weighted by molar-refractivity contribution is 9.10. The number of phenolic OH excluding ortho intramolecular Hbond substituents is 1. The average molecular weight is 401 g/mol. The minimum Gasteiger partial charge on any atom is -0.504 e. The molecule has 1 aliphatic heterocycles. The summed E-state index contributed by atoms with van der Waals surface area (Å²) in [6.07, 6.45) is 0. The lowest BCUT2D eigenvalue weighted by molar-refractivity contribution is -0.139. The lowest BCUT2D eigenvalue weighted by atomic mass is 9.95. The first-order chi connectivity index (χ1) is 10.9. The van der Waals surface area contributed by atoms with Gasteiger partial charge in [-0.15, -0.1) is 0 Å². The summed E-state index contributed by atoms with van der Waals surface area (Å²) in [5.74, 6) is -0.134. The third kappa shape index (κ3) is 3.59. The molecular formula is C15H17BrN2O4S. The molecule has 0 aromatic heterocycles. The number of halogens is 1. The number of carbonyl (C=O) groups is 1. The predicted octanol–water partition coefficient (Wildman–Crippen LogP) is 2.52. The molecule has 0 fully saturated rings. The van der Waals surface area contributed by atoms with Crippen LogP contribution in [0.1, 0.15) is 25.5 Å². The zero-order valence-electron chi connectivity index (χ0n) is 12.9. The summed E-state index contributed by atoms with van der Waals surface area (Å²) in [5, 5.41) is 16.3. The smallest absolute Gasteiger partial charge is 0.338 e. The molecule has 0 amide bonds. The highest BCUT2D eigenvalue weighted by Gasteiger charge is 2.32. The van der Waals surface area contributed by atoms with E-state index in [0.29, 0.717) is 32.2 Å². The predicted molar refractivity (Wildman–Crippen MR) is 93.3 cm³/mol. The van der Waals surface area contributed by atoms with Crippen LogP contribution in [0.4, 0.5) is 0 Å². The number of nitrogens with one attached hydrogen (secondary N) is 2. The lowest BCUT2D eigenvalue weighted by Crippen LogP contribution is -2.45. The molecule has 0 spiro atoms. The number of esters is 1. The van der Waals surface area contributed by atoms with Crippen LogP contribution in [-0.4, -0.2) is 29.9 Å². The zero-order valence-corrected chi connectivity index (χ0v) is 15.3. The van der Waals surface area contributed by atoms with Crippen molar-refractivity contribution in [3.8, 4) is 11.5 Å². The molecule has 8 heteroatoms. The summed E-state index contributed by atoms with van der Waals surface area (Å²) in [6.45, 7) is 3.78.